The van der Waals surface area contributed by atoms with Gasteiger partial charge in [-0.1, -0.05) is 6.07 Å². The summed E-state index contributed by atoms with van der Waals surface area (Å²) < 4.78 is 0.482. The number of nitrogens with zero attached hydrogens (tertiary/aromatic N) is 1. The number of rotatable bonds is 4. The molecule has 0 bridgehead atoms. The summed E-state index contributed by atoms with van der Waals surface area (Å²) in [6, 6.07) is 5.00. The van der Waals surface area contributed by atoms with Crippen molar-refractivity contribution in [2.45, 2.75) is 12.8 Å². The fourth-order valence-electron chi connectivity index (χ4n) is 1.14. The van der Waals surface area contributed by atoms with Crippen LogP contribution in [0.15, 0.2) is 22.7 Å². The van der Waals surface area contributed by atoms with E-state index in [-0.39, 0.29) is 12.3 Å². The van der Waals surface area contributed by atoms with Crippen LogP contribution in [0.4, 0.5) is 5.69 Å². The Morgan fingerprint density at radius 3 is 2.79 bits per heavy atom. The van der Waals surface area contributed by atoms with Gasteiger partial charge in [0.2, 0.25) is 0 Å². The molecule has 0 unspecified atom stereocenters. The summed E-state index contributed by atoms with van der Waals surface area (Å²) in [6.45, 7) is 0.101. The van der Waals surface area contributed by atoms with Gasteiger partial charge >= 0.3 is 0 Å². The van der Waals surface area contributed by atoms with Gasteiger partial charge in [-0.3, -0.25) is 10.1 Å². The molecule has 1 aromatic carbocycles. The molecule has 0 amide bonds. The summed E-state index contributed by atoms with van der Waals surface area (Å²) in [5, 5.41) is 19.2. The molecule has 0 aliphatic heterocycles. The van der Waals surface area contributed by atoms with Gasteiger partial charge in [0.25, 0.3) is 5.69 Å². The van der Waals surface area contributed by atoms with Crippen LogP contribution < -0.4 is 0 Å². The molecule has 0 aromatic heterocycles. The standard InChI is InChI=1S/C9H10BrNO3/c10-8-4-3-7(2-1-5-12)6-9(8)11(13)14/h3-4,6,12H,1-2,5H2. The molecule has 0 aliphatic carbocycles. The zero-order valence-electron chi connectivity index (χ0n) is 7.44. The average Bonchev–Trinajstić information content (AvgIpc) is 2.16. The van der Waals surface area contributed by atoms with Crippen molar-refractivity contribution >= 4 is 21.6 Å². The van der Waals surface area contributed by atoms with Gasteiger partial charge in [-0.05, 0) is 40.4 Å². The molecule has 0 heterocycles. The predicted molar refractivity (Wildman–Crippen MR) is 56.2 cm³/mol. The zero-order chi connectivity index (χ0) is 10.6. The van der Waals surface area contributed by atoms with E-state index >= 15 is 0 Å². The highest BCUT2D eigenvalue weighted by molar-refractivity contribution is 9.10. The van der Waals surface area contributed by atoms with Gasteiger partial charge in [-0.2, -0.15) is 0 Å². The predicted octanol–water partition coefficient (Wildman–Crippen LogP) is 2.28. The van der Waals surface area contributed by atoms with Crippen molar-refractivity contribution in [3.05, 3.63) is 38.3 Å². The maximum absolute atomic E-state index is 10.6. The first-order valence-corrected chi connectivity index (χ1v) is 4.98. The number of hydrogen-bond donors (Lipinski definition) is 1. The van der Waals surface area contributed by atoms with Gasteiger partial charge in [0, 0.05) is 12.7 Å². The SMILES string of the molecule is O=[N+]([O-])c1cc(CCCO)ccc1Br. The van der Waals surface area contributed by atoms with E-state index < -0.39 is 4.92 Å². The molecular weight excluding hydrogens is 250 g/mol. The molecule has 0 spiro atoms. The molecule has 0 saturated carbocycles. The third kappa shape index (κ3) is 2.78. The van der Waals surface area contributed by atoms with Gasteiger partial charge in [-0.25, -0.2) is 0 Å². The van der Waals surface area contributed by atoms with Crippen molar-refractivity contribution in [1.29, 1.82) is 0 Å². The molecule has 14 heavy (non-hydrogen) atoms. The Morgan fingerprint density at radius 1 is 1.50 bits per heavy atom. The van der Waals surface area contributed by atoms with Crippen LogP contribution in [-0.4, -0.2) is 16.6 Å². The molecule has 1 aromatic rings. The fraction of sp³-hybridized carbons (Fsp3) is 0.333. The minimum Gasteiger partial charge on any atom is -0.396 e. The largest absolute Gasteiger partial charge is 0.396 e. The Bertz CT molecular complexity index is 341. The molecule has 1 rings (SSSR count). The number of nitro benzene ring substituents is 1. The average molecular weight is 260 g/mol. The lowest BCUT2D eigenvalue weighted by Crippen LogP contribution is -1.93. The van der Waals surface area contributed by atoms with E-state index in [1.165, 1.54) is 6.07 Å². The molecule has 1 N–H and O–H groups in total. The van der Waals surface area contributed by atoms with Crippen molar-refractivity contribution in [3.8, 4) is 0 Å². The van der Waals surface area contributed by atoms with E-state index in [0.29, 0.717) is 17.3 Å². The molecule has 4 nitrogen and oxygen atoms in total. The van der Waals surface area contributed by atoms with Gasteiger partial charge in [0.1, 0.15) is 0 Å². The first kappa shape index (κ1) is 11.1. The summed E-state index contributed by atoms with van der Waals surface area (Å²) in [5.74, 6) is 0. The van der Waals surface area contributed by atoms with Gasteiger partial charge in [-0.15, -0.1) is 0 Å². The lowest BCUT2D eigenvalue weighted by Gasteiger charge is -2.00. The maximum Gasteiger partial charge on any atom is 0.283 e. The Labute approximate surface area is 89.8 Å². The van der Waals surface area contributed by atoms with Crippen LogP contribution in [0, 0.1) is 10.1 Å². The Morgan fingerprint density at radius 2 is 2.21 bits per heavy atom. The van der Waals surface area contributed by atoms with Crippen LogP contribution in [0.5, 0.6) is 0 Å². The monoisotopic (exact) mass is 259 g/mol. The van der Waals surface area contributed by atoms with Gasteiger partial charge < -0.3 is 5.11 Å². The van der Waals surface area contributed by atoms with Crippen LogP contribution in [0.1, 0.15) is 12.0 Å². The lowest BCUT2D eigenvalue weighted by molar-refractivity contribution is -0.385. The van der Waals surface area contributed by atoms with Crippen LogP contribution in [0.3, 0.4) is 0 Å². The molecule has 0 fully saturated rings. The molecule has 0 saturated heterocycles. The smallest absolute Gasteiger partial charge is 0.283 e. The summed E-state index contributed by atoms with van der Waals surface area (Å²) in [4.78, 5) is 10.1. The van der Waals surface area contributed by atoms with Crippen LogP contribution >= 0.6 is 15.9 Å². The summed E-state index contributed by atoms with van der Waals surface area (Å²) in [7, 11) is 0. The summed E-state index contributed by atoms with van der Waals surface area (Å²) >= 11 is 3.11. The second kappa shape index (κ2) is 5.07. The van der Waals surface area contributed by atoms with Crippen molar-refractivity contribution in [2.24, 2.45) is 0 Å². The molecule has 0 aliphatic rings. The highest BCUT2D eigenvalue weighted by Gasteiger charge is 2.11. The van der Waals surface area contributed by atoms with E-state index in [4.69, 9.17) is 5.11 Å². The molecular formula is C9H10BrNO3. The first-order chi connectivity index (χ1) is 6.65. The third-order valence-electron chi connectivity index (χ3n) is 1.83. The minimum atomic E-state index is -0.424. The molecule has 76 valence electrons. The number of halogens is 1. The van der Waals surface area contributed by atoms with E-state index in [1.54, 1.807) is 6.07 Å². The van der Waals surface area contributed by atoms with Gasteiger partial charge in [0.05, 0.1) is 9.40 Å². The van der Waals surface area contributed by atoms with Crippen molar-refractivity contribution in [2.75, 3.05) is 6.61 Å². The van der Waals surface area contributed by atoms with Crippen LogP contribution in [0.2, 0.25) is 0 Å². The molecule has 5 heteroatoms. The maximum atomic E-state index is 10.6. The Kier molecular flexibility index (Phi) is 4.03. The number of aryl methyl sites for hydroxylation is 1. The Hall–Kier alpha value is -0.940. The summed E-state index contributed by atoms with van der Waals surface area (Å²) in [6.07, 6.45) is 1.28. The van der Waals surface area contributed by atoms with E-state index in [2.05, 4.69) is 15.9 Å². The Balaban J connectivity index is 2.89. The van der Waals surface area contributed by atoms with Crippen molar-refractivity contribution in [3.63, 3.8) is 0 Å². The summed E-state index contributed by atoms with van der Waals surface area (Å²) in [5.41, 5.74) is 0.939. The van der Waals surface area contributed by atoms with Crippen LogP contribution in [0.25, 0.3) is 0 Å². The highest BCUT2D eigenvalue weighted by Crippen LogP contribution is 2.25. The fourth-order valence-corrected chi connectivity index (χ4v) is 1.53. The van der Waals surface area contributed by atoms with E-state index in [1.807, 2.05) is 6.07 Å². The van der Waals surface area contributed by atoms with Crippen molar-refractivity contribution < 1.29 is 10.0 Å². The van der Waals surface area contributed by atoms with Gasteiger partial charge in [0.15, 0.2) is 0 Å². The quantitative estimate of drug-likeness (QED) is 0.667. The normalized spacial score (nSPS) is 10.1. The zero-order valence-corrected chi connectivity index (χ0v) is 9.03. The number of nitro groups is 1. The molecule has 0 radical (unpaired) electrons. The number of aliphatic hydroxyl groups excluding tert-OH is 1. The molecule has 0 atom stereocenters. The topological polar surface area (TPSA) is 63.4 Å². The first-order valence-electron chi connectivity index (χ1n) is 4.19. The minimum absolute atomic E-state index is 0.0699. The van der Waals surface area contributed by atoms with E-state index in [0.717, 1.165) is 5.56 Å². The highest BCUT2D eigenvalue weighted by atomic mass is 79.9. The van der Waals surface area contributed by atoms with Crippen molar-refractivity contribution in [1.82, 2.24) is 0 Å². The number of aliphatic hydroxyl groups is 1. The van der Waals surface area contributed by atoms with E-state index in [9.17, 15) is 10.1 Å². The lowest BCUT2D eigenvalue weighted by atomic mass is 10.1. The second-order valence-electron chi connectivity index (χ2n) is 2.87. The number of benzene rings is 1. The second-order valence-corrected chi connectivity index (χ2v) is 3.72. The number of hydrogen-bond acceptors (Lipinski definition) is 3. The third-order valence-corrected chi connectivity index (χ3v) is 2.50. The van der Waals surface area contributed by atoms with Crippen LogP contribution in [-0.2, 0) is 6.42 Å².